The Hall–Kier alpha value is -1.88. The zero-order valence-electron chi connectivity index (χ0n) is 11.8. The van der Waals surface area contributed by atoms with Crippen molar-refractivity contribution in [1.29, 1.82) is 0 Å². The fraction of sp³-hybridized carbons (Fsp3) is 0.250. The Morgan fingerprint density at radius 1 is 1.52 bits per heavy atom. The molecule has 1 N–H and O–H groups in total. The average molecular weight is 347 g/mol. The molecular weight excluding hydrogens is 332 g/mol. The molecule has 0 saturated carbocycles. The Labute approximate surface area is 131 Å². The van der Waals surface area contributed by atoms with Gasteiger partial charge >= 0.3 is 0 Å². The van der Waals surface area contributed by atoms with Gasteiger partial charge in [0.25, 0.3) is 5.91 Å². The molecule has 1 aromatic heterocycles. The van der Waals surface area contributed by atoms with Crippen molar-refractivity contribution in [3.8, 4) is 5.88 Å². The molecule has 0 bridgehead atoms. The zero-order chi connectivity index (χ0) is 15.0. The molecule has 21 heavy (non-hydrogen) atoms. The van der Waals surface area contributed by atoms with Crippen molar-refractivity contribution in [2.75, 3.05) is 7.11 Å². The average Bonchev–Trinajstić information content (AvgIpc) is 2.78. The third-order valence-corrected chi connectivity index (χ3v) is 4.11. The van der Waals surface area contributed by atoms with Crippen LogP contribution in [0.5, 0.6) is 5.88 Å². The number of methoxy groups -OCH3 is 1. The number of nitrogens with zero attached hydrogens (tertiary/aromatic N) is 1. The maximum absolute atomic E-state index is 12.2. The van der Waals surface area contributed by atoms with Crippen LogP contribution in [0.3, 0.4) is 0 Å². The summed E-state index contributed by atoms with van der Waals surface area (Å²) in [5.41, 5.74) is 3.42. The van der Waals surface area contributed by atoms with Gasteiger partial charge in [0.15, 0.2) is 0 Å². The molecule has 3 rings (SSSR count). The van der Waals surface area contributed by atoms with Gasteiger partial charge in [0.1, 0.15) is 0 Å². The first kappa shape index (κ1) is 14.1. The number of carbonyl (C=O) groups is 1. The number of hydrogen-bond donors (Lipinski definition) is 1. The van der Waals surface area contributed by atoms with E-state index in [4.69, 9.17) is 4.74 Å². The molecule has 1 atom stereocenters. The molecule has 4 nitrogen and oxygen atoms in total. The summed E-state index contributed by atoms with van der Waals surface area (Å²) in [6.07, 6.45) is 8.57. The van der Waals surface area contributed by atoms with E-state index in [9.17, 15) is 4.79 Å². The van der Waals surface area contributed by atoms with Crippen molar-refractivity contribution in [3.63, 3.8) is 0 Å². The first-order valence-corrected chi connectivity index (χ1v) is 7.53. The predicted octanol–water partition coefficient (Wildman–Crippen LogP) is 3.22. The SMILES string of the molecule is COc1ncc(Br)cc1/C=C1\C(=O)NC2=C1C=CCC2C. The Balaban J connectivity index is 2.09. The number of rotatable bonds is 2. The van der Waals surface area contributed by atoms with E-state index in [-0.39, 0.29) is 5.91 Å². The maximum Gasteiger partial charge on any atom is 0.256 e. The van der Waals surface area contributed by atoms with Crippen molar-refractivity contribution in [2.24, 2.45) is 5.92 Å². The third kappa shape index (κ3) is 2.53. The normalized spacial score (nSPS) is 22.5. The second-order valence-electron chi connectivity index (χ2n) is 5.13. The van der Waals surface area contributed by atoms with E-state index in [1.165, 1.54) is 0 Å². The van der Waals surface area contributed by atoms with Crippen LogP contribution in [0.15, 0.2) is 45.7 Å². The maximum atomic E-state index is 12.2. The van der Waals surface area contributed by atoms with Crippen molar-refractivity contribution < 1.29 is 9.53 Å². The van der Waals surface area contributed by atoms with Crippen LogP contribution in [-0.2, 0) is 4.79 Å². The molecule has 2 heterocycles. The molecule has 1 aliphatic heterocycles. The van der Waals surface area contributed by atoms with Gasteiger partial charge in [0, 0.05) is 39.0 Å². The van der Waals surface area contributed by atoms with Gasteiger partial charge < -0.3 is 10.1 Å². The van der Waals surface area contributed by atoms with Crippen molar-refractivity contribution in [2.45, 2.75) is 13.3 Å². The summed E-state index contributed by atoms with van der Waals surface area (Å²) >= 11 is 3.39. The largest absolute Gasteiger partial charge is 0.481 e. The van der Waals surface area contributed by atoms with E-state index in [1.54, 1.807) is 13.3 Å². The molecular formula is C16H15BrN2O2. The fourth-order valence-electron chi connectivity index (χ4n) is 2.62. The lowest BCUT2D eigenvalue weighted by Crippen LogP contribution is -2.20. The molecule has 5 heteroatoms. The van der Waals surface area contributed by atoms with Crippen LogP contribution in [0.1, 0.15) is 18.9 Å². The molecule has 0 saturated heterocycles. The number of pyridine rings is 1. The molecule has 2 aliphatic rings. The van der Waals surface area contributed by atoms with Gasteiger partial charge in [0.05, 0.1) is 7.11 Å². The lowest BCUT2D eigenvalue weighted by molar-refractivity contribution is -0.116. The second-order valence-corrected chi connectivity index (χ2v) is 6.05. The van der Waals surface area contributed by atoms with Crippen LogP contribution < -0.4 is 10.1 Å². The predicted molar refractivity (Wildman–Crippen MR) is 84.6 cm³/mol. The van der Waals surface area contributed by atoms with Crippen LogP contribution in [0.25, 0.3) is 6.08 Å². The number of ether oxygens (including phenoxy) is 1. The van der Waals surface area contributed by atoms with Crippen LogP contribution in [-0.4, -0.2) is 18.0 Å². The Bertz CT molecular complexity index is 704. The van der Waals surface area contributed by atoms with Crippen LogP contribution in [0.2, 0.25) is 0 Å². The fourth-order valence-corrected chi connectivity index (χ4v) is 2.96. The van der Waals surface area contributed by atoms with Crippen LogP contribution >= 0.6 is 15.9 Å². The van der Waals surface area contributed by atoms with E-state index in [0.29, 0.717) is 17.4 Å². The molecule has 0 spiro atoms. The molecule has 1 aromatic rings. The summed E-state index contributed by atoms with van der Waals surface area (Å²) in [5.74, 6) is 0.767. The highest BCUT2D eigenvalue weighted by molar-refractivity contribution is 9.10. The van der Waals surface area contributed by atoms with E-state index >= 15 is 0 Å². The lowest BCUT2D eigenvalue weighted by atomic mass is 9.92. The number of aromatic nitrogens is 1. The van der Waals surface area contributed by atoms with Crippen molar-refractivity contribution in [1.82, 2.24) is 10.3 Å². The Morgan fingerprint density at radius 3 is 3.10 bits per heavy atom. The molecule has 108 valence electrons. The number of allylic oxidation sites excluding steroid dienone is 3. The van der Waals surface area contributed by atoms with E-state index in [1.807, 2.05) is 18.2 Å². The smallest absolute Gasteiger partial charge is 0.256 e. The lowest BCUT2D eigenvalue weighted by Gasteiger charge is -2.15. The van der Waals surface area contributed by atoms with Gasteiger partial charge in [-0.05, 0) is 34.5 Å². The number of nitrogens with one attached hydrogen (secondary N) is 1. The minimum absolute atomic E-state index is 0.0690. The molecule has 1 unspecified atom stereocenters. The summed E-state index contributed by atoms with van der Waals surface area (Å²) in [5, 5.41) is 2.98. The molecule has 1 amide bonds. The molecule has 0 aromatic carbocycles. The first-order valence-electron chi connectivity index (χ1n) is 6.74. The Morgan fingerprint density at radius 2 is 2.33 bits per heavy atom. The van der Waals surface area contributed by atoms with Crippen LogP contribution in [0.4, 0.5) is 0 Å². The molecule has 0 fully saturated rings. The second kappa shape index (κ2) is 5.48. The first-order chi connectivity index (χ1) is 10.1. The number of amides is 1. The van der Waals surface area contributed by atoms with Gasteiger partial charge in [-0.25, -0.2) is 4.98 Å². The monoisotopic (exact) mass is 346 g/mol. The van der Waals surface area contributed by atoms with Gasteiger partial charge in [-0.3, -0.25) is 4.79 Å². The minimum Gasteiger partial charge on any atom is -0.481 e. The van der Waals surface area contributed by atoms with Gasteiger partial charge in [0.2, 0.25) is 5.88 Å². The highest BCUT2D eigenvalue weighted by Gasteiger charge is 2.30. The van der Waals surface area contributed by atoms with E-state index < -0.39 is 0 Å². The van der Waals surface area contributed by atoms with E-state index in [2.05, 4.69) is 39.2 Å². The number of carbonyl (C=O) groups excluding carboxylic acids is 1. The summed E-state index contributed by atoms with van der Waals surface area (Å²) in [6, 6.07) is 1.89. The molecule has 0 radical (unpaired) electrons. The summed E-state index contributed by atoms with van der Waals surface area (Å²) in [6.45, 7) is 2.11. The minimum atomic E-state index is -0.0690. The van der Waals surface area contributed by atoms with Gasteiger partial charge in [-0.2, -0.15) is 0 Å². The number of hydrogen-bond acceptors (Lipinski definition) is 3. The third-order valence-electron chi connectivity index (χ3n) is 3.68. The number of halogens is 1. The molecule has 1 aliphatic carbocycles. The van der Waals surface area contributed by atoms with Crippen molar-refractivity contribution in [3.05, 3.63) is 51.3 Å². The Kier molecular flexibility index (Phi) is 3.68. The van der Waals surface area contributed by atoms with Crippen molar-refractivity contribution >= 4 is 27.9 Å². The summed E-state index contributed by atoms with van der Waals surface area (Å²) in [7, 11) is 1.57. The highest BCUT2D eigenvalue weighted by atomic mass is 79.9. The topological polar surface area (TPSA) is 51.2 Å². The van der Waals surface area contributed by atoms with E-state index in [0.717, 1.165) is 27.7 Å². The summed E-state index contributed by atoms with van der Waals surface area (Å²) < 4.78 is 6.10. The van der Waals surface area contributed by atoms with Crippen LogP contribution in [0, 0.1) is 5.92 Å². The standard InChI is InChI=1S/C16H15BrN2O2/c1-9-4-3-5-12-13(15(20)19-14(9)12)7-10-6-11(17)8-18-16(10)21-2/h3,5-9H,4H2,1-2H3,(H,19,20)/b13-7-. The highest BCUT2D eigenvalue weighted by Crippen LogP contribution is 2.34. The summed E-state index contributed by atoms with van der Waals surface area (Å²) in [4.78, 5) is 16.5. The quantitative estimate of drug-likeness (QED) is 0.836. The van der Waals surface area contributed by atoms with Gasteiger partial charge in [-0.1, -0.05) is 19.1 Å². The zero-order valence-corrected chi connectivity index (χ0v) is 13.4. The van der Waals surface area contributed by atoms with Gasteiger partial charge in [-0.15, -0.1) is 0 Å².